The fourth-order valence-electron chi connectivity index (χ4n) is 2.88. The summed E-state index contributed by atoms with van der Waals surface area (Å²) < 4.78 is 40.8. The first-order chi connectivity index (χ1) is 11.4. The van der Waals surface area contributed by atoms with Gasteiger partial charge < -0.3 is 5.32 Å². The number of rotatable bonds is 3. The molecule has 1 aliphatic rings. The van der Waals surface area contributed by atoms with Gasteiger partial charge in [0.15, 0.2) is 0 Å². The van der Waals surface area contributed by atoms with Crippen LogP contribution in [0.4, 0.5) is 13.2 Å². The lowest BCUT2D eigenvalue weighted by atomic mass is 10.00. The molecule has 1 N–H and O–H groups in total. The van der Waals surface area contributed by atoms with Crippen molar-refractivity contribution >= 4 is 38.9 Å². The maximum absolute atomic E-state index is 13.2. The molecule has 0 bridgehead atoms. The highest BCUT2D eigenvalue weighted by atomic mass is 79.9. The summed E-state index contributed by atoms with van der Waals surface area (Å²) in [6.45, 7) is 3.16. The van der Waals surface area contributed by atoms with E-state index in [4.69, 9.17) is 11.6 Å². The summed E-state index contributed by atoms with van der Waals surface area (Å²) in [4.78, 5) is 3.14. The van der Waals surface area contributed by atoms with Gasteiger partial charge in [0.2, 0.25) is 0 Å². The molecule has 1 atom stereocenters. The van der Waals surface area contributed by atoms with Crippen LogP contribution in [0.5, 0.6) is 0 Å². The summed E-state index contributed by atoms with van der Waals surface area (Å²) in [5.41, 5.74) is -0.0197. The second-order valence-corrected chi connectivity index (χ2v) is 8.17. The minimum absolute atomic E-state index is 0.249. The van der Waals surface area contributed by atoms with E-state index >= 15 is 0 Å². The largest absolute Gasteiger partial charge is 0.416 e. The average Bonchev–Trinajstić information content (AvgIpc) is 2.95. The monoisotopic (exact) mass is 438 g/mol. The zero-order chi connectivity index (χ0) is 17.3. The maximum atomic E-state index is 13.2. The number of hydrogen-bond acceptors (Lipinski definition) is 3. The molecule has 2 nitrogen and oxygen atoms in total. The highest BCUT2D eigenvalue weighted by molar-refractivity contribution is 9.10. The topological polar surface area (TPSA) is 15.3 Å². The van der Waals surface area contributed by atoms with Gasteiger partial charge in [-0.05, 0) is 35.9 Å². The van der Waals surface area contributed by atoms with Crippen molar-refractivity contribution in [1.82, 2.24) is 10.2 Å². The number of alkyl halides is 3. The van der Waals surface area contributed by atoms with Crippen molar-refractivity contribution in [2.45, 2.75) is 12.2 Å². The van der Waals surface area contributed by atoms with Gasteiger partial charge >= 0.3 is 6.18 Å². The number of thiophene rings is 1. The van der Waals surface area contributed by atoms with Crippen molar-refractivity contribution in [1.29, 1.82) is 0 Å². The van der Waals surface area contributed by atoms with Crippen LogP contribution in [-0.4, -0.2) is 31.1 Å². The van der Waals surface area contributed by atoms with Crippen molar-refractivity contribution < 1.29 is 13.2 Å². The van der Waals surface area contributed by atoms with E-state index in [0.717, 1.165) is 37.1 Å². The van der Waals surface area contributed by atoms with Crippen LogP contribution in [0.3, 0.4) is 0 Å². The number of nitrogens with zero attached hydrogens (tertiary/aromatic N) is 1. The second kappa shape index (κ2) is 7.33. The summed E-state index contributed by atoms with van der Waals surface area (Å²) in [5.74, 6) is 0. The lowest BCUT2D eigenvalue weighted by Gasteiger charge is -2.35. The molecule has 1 saturated heterocycles. The van der Waals surface area contributed by atoms with Gasteiger partial charge in [-0.2, -0.15) is 13.2 Å². The molecule has 0 unspecified atom stereocenters. The Morgan fingerprint density at radius 1 is 1.17 bits per heavy atom. The Balaban J connectivity index is 2.08. The van der Waals surface area contributed by atoms with Gasteiger partial charge in [0.05, 0.1) is 15.9 Å². The molecule has 0 spiro atoms. The van der Waals surface area contributed by atoms with Crippen molar-refractivity contribution in [2.75, 3.05) is 26.2 Å². The molecule has 1 aromatic heterocycles. The Hall–Kier alpha value is -0.600. The quantitative estimate of drug-likeness (QED) is 0.709. The fraction of sp³-hybridized carbons (Fsp3) is 0.375. The molecule has 2 heterocycles. The molecule has 2 aromatic rings. The number of piperazine rings is 1. The summed E-state index contributed by atoms with van der Waals surface area (Å²) >= 11 is 10.9. The molecule has 0 radical (unpaired) electrons. The third-order valence-electron chi connectivity index (χ3n) is 4.00. The van der Waals surface area contributed by atoms with Crippen LogP contribution in [0.25, 0.3) is 0 Å². The summed E-state index contributed by atoms with van der Waals surface area (Å²) in [6.07, 6.45) is -4.36. The van der Waals surface area contributed by atoms with E-state index in [9.17, 15) is 13.2 Å². The van der Waals surface area contributed by atoms with Gasteiger partial charge in [-0.15, -0.1) is 11.3 Å². The molecule has 0 aliphatic carbocycles. The van der Waals surface area contributed by atoms with Gasteiger partial charge in [0, 0.05) is 35.5 Å². The standard InChI is InChI=1S/C16H15BrClF3N2S/c17-12-2-1-10(16(19,20)21)9-11(12)15(13-3-4-14(18)24-13)23-7-5-22-6-8-23/h1-4,9,15,22H,5-8H2/t15-/m1/s1. The molecule has 1 aromatic carbocycles. The van der Waals surface area contributed by atoms with Gasteiger partial charge in [-0.1, -0.05) is 27.5 Å². The Bertz CT molecular complexity index is 714. The fourth-order valence-corrected chi connectivity index (χ4v) is 4.55. The third-order valence-corrected chi connectivity index (χ3v) is 6.00. The van der Waals surface area contributed by atoms with E-state index in [-0.39, 0.29) is 6.04 Å². The van der Waals surface area contributed by atoms with Crippen LogP contribution < -0.4 is 5.32 Å². The highest BCUT2D eigenvalue weighted by Crippen LogP contribution is 2.41. The van der Waals surface area contributed by atoms with Crippen LogP contribution >= 0.6 is 38.9 Å². The number of nitrogens with one attached hydrogen (secondary N) is 1. The molecule has 0 saturated carbocycles. The third kappa shape index (κ3) is 3.96. The molecule has 0 amide bonds. The Kier molecular flexibility index (Phi) is 5.56. The normalized spacial score (nSPS) is 17.9. The molecule has 130 valence electrons. The lowest BCUT2D eigenvalue weighted by Crippen LogP contribution is -2.45. The van der Waals surface area contributed by atoms with Gasteiger partial charge in [0.25, 0.3) is 0 Å². The van der Waals surface area contributed by atoms with Gasteiger partial charge in [-0.3, -0.25) is 4.90 Å². The SMILES string of the molecule is FC(F)(F)c1ccc(Br)c([C@H](c2ccc(Cl)s2)N2CCNCC2)c1. The zero-order valence-corrected chi connectivity index (χ0v) is 15.7. The molecular formula is C16H15BrClF3N2S. The first kappa shape index (κ1) is 18.2. The van der Waals surface area contributed by atoms with E-state index in [2.05, 4.69) is 26.1 Å². The number of halogens is 5. The molecule has 3 rings (SSSR count). The van der Waals surface area contributed by atoms with Crippen molar-refractivity contribution in [3.8, 4) is 0 Å². The van der Waals surface area contributed by atoms with Gasteiger partial charge in [-0.25, -0.2) is 0 Å². The van der Waals surface area contributed by atoms with Crippen LogP contribution in [0.1, 0.15) is 22.0 Å². The summed E-state index contributed by atoms with van der Waals surface area (Å²) in [7, 11) is 0. The predicted octanol–water partition coefficient (Wildman–Crippen LogP) is 5.18. The van der Waals surface area contributed by atoms with Crippen LogP contribution in [0, 0.1) is 0 Å². The van der Waals surface area contributed by atoms with E-state index < -0.39 is 11.7 Å². The van der Waals surface area contributed by atoms with E-state index in [1.54, 1.807) is 6.07 Å². The highest BCUT2D eigenvalue weighted by Gasteiger charge is 2.33. The molecule has 24 heavy (non-hydrogen) atoms. The molecule has 8 heteroatoms. The Morgan fingerprint density at radius 2 is 1.88 bits per heavy atom. The smallest absolute Gasteiger partial charge is 0.314 e. The number of benzene rings is 1. The van der Waals surface area contributed by atoms with Crippen molar-refractivity contribution in [3.63, 3.8) is 0 Å². The first-order valence-corrected chi connectivity index (χ1v) is 9.41. The van der Waals surface area contributed by atoms with Crippen LogP contribution in [-0.2, 0) is 6.18 Å². The average molecular weight is 440 g/mol. The van der Waals surface area contributed by atoms with E-state index in [0.29, 0.717) is 14.4 Å². The van der Waals surface area contributed by atoms with Crippen molar-refractivity contribution in [3.05, 3.63) is 55.1 Å². The molecule has 1 fully saturated rings. The van der Waals surface area contributed by atoms with E-state index in [1.165, 1.54) is 23.5 Å². The molecule has 1 aliphatic heterocycles. The second-order valence-electron chi connectivity index (χ2n) is 5.56. The predicted molar refractivity (Wildman–Crippen MR) is 94.8 cm³/mol. The Morgan fingerprint density at radius 3 is 2.46 bits per heavy atom. The van der Waals surface area contributed by atoms with Crippen LogP contribution in [0.15, 0.2) is 34.8 Å². The lowest BCUT2D eigenvalue weighted by molar-refractivity contribution is -0.137. The van der Waals surface area contributed by atoms with Gasteiger partial charge in [0.1, 0.15) is 0 Å². The number of hydrogen-bond donors (Lipinski definition) is 1. The maximum Gasteiger partial charge on any atom is 0.416 e. The summed E-state index contributed by atoms with van der Waals surface area (Å²) in [6, 6.07) is 7.25. The minimum atomic E-state index is -4.36. The minimum Gasteiger partial charge on any atom is -0.314 e. The van der Waals surface area contributed by atoms with Crippen molar-refractivity contribution in [2.24, 2.45) is 0 Å². The molecular weight excluding hydrogens is 425 g/mol. The van der Waals surface area contributed by atoms with Crippen LogP contribution in [0.2, 0.25) is 4.34 Å². The summed E-state index contributed by atoms with van der Waals surface area (Å²) in [5, 5.41) is 3.27. The first-order valence-electron chi connectivity index (χ1n) is 7.43. The van der Waals surface area contributed by atoms with E-state index in [1.807, 2.05) is 6.07 Å². The Labute approximate surface area is 155 Å². The zero-order valence-electron chi connectivity index (χ0n) is 12.5.